The maximum atomic E-state index is 13.4. The van der Waals surface area contributed by atoms with Gasteiger partial charge in [-0.05, 0) is 74.8 Å². The molecule has 3 aromatic rings. The summed E-state index contributed by atoms with van der Waals surface area (Å²) in [5.41, 5.74) is 2.86. The quantitative estimate of drug-likeness (QED) is 0.262. The van der Waals surface area contributed by atoms with Gasteiger partial charge < -0.3 is 24.6 Å². The van der Waals surface area contributed by atoms with Crippen LogP contribution >= 0.6 is 0 Å². The molecule has 0 fully saturated rings. The Kier molecular flexibility index (Phi) is 11.3. The lowest BCUT2D eigenvalue weighted by molar-refractivity contribution is 0.180. The zero-order valence-corrected chi connectivity index (χ0v) is 22.7. The van der Waals surface area contributed by atoms with E-state index in [9.17, 15) is 4.79 Å². The number of carbonyl (C=O) groups excluding carboxylic acids is 1. The predicted octanol–water partition coefficient (Wildman–Crippen LogP) is 6.82. The number of benzene rings is 3. The van der Waals surface area contributed by atoms with Gasteiger partial charge in [0.25, 0.3) is 0 Å². The number of amides is 2. The van der Waals surface area contributed by atoms with E-state index in [1.54, 1.807) is 7.11 Å². The summed E-state index contributed by atoms with van der Waals surface area (Å²) in [7, 11) is 1.64. The number of ether oxygens (including phenoxy) is 2. The molecule has 0 aromatic heterocycles. The van der Waals surface area contributed by atoms with Gasteiger partial charge in [-0.25, -0.2) is 4.79 Å². The molecule has 0 saturated carbocycles. The normalized spacial score (nSPS) is 11.7. The van der Waals surface area contributed by atoms with Crippen molar-refractivity contribution in [1.82, 2.24) is 9.80 Å². The standard InChI is InChI=1S/C31H41N3O3/c1-5-33(6-2)21-13-14-25(3)34(31(35)32-28-17-11-8-12-18-28)23-27-19-20-29(36-4)30(22-27)37-24-26-15-9-7-10-16-26/h7-12,15-20,22,25H,5-6,13-14,21,23-24H2,1-4H3,(H,32,35). The van der Waals surface area contributed by atoms with Gasteiger partial charge in [-0.2, -0.15) is 0 Å². The minimum atomic E-state index is -0.107. The van der Waals surface area contributed by atoms with Crippen molar-refractivity contribution in [3.63, 3.8) is 0 Å². The summed E-state index contributed by atoms with van der Waals surface area (Å²) in [5.74, 6) is 1.34. The summed E-state index contributed by atoms with van der Waals surface area (Å²) in [6.07, 6.45) is 1.96. The van der Waals surface area contributed by atoms with Crippen LogP contribution in [0.5, 0.6) is 11.5 Å². The van der Waals surface area contributed by atoms with E-state index in [1.165, 1.54) is 0 Å². The third-order valence-corrected chi connectivity index (χ3v) is 6.63. The van der Waals surface area contributed by atoms with Crippen LogP contribution in [0.25, 0.3) is 0 Å². The molecule has 0 heterocycles. The van der Waals surface area contributed by atoms with Crippen LogP contribution in [0.1, 0.15) is 44.7 Å². The summed E-state index contributed by atoms with van der Waals surface area (Å²) in [4.78, 5) is 17.8. The molecule has 6 heteroatoms. The molecule has 0 aliphatic carbocycles. The van der Waals surface area contributed by atoms with Gasteiger partial charge in [0.15, 0.2) is 11.5 Å². The smallest absolute Gasteiger partial charge is 0.322 e. The van der Waals surface area contributed by atoms with Crippen molar-refractivity contribution in [2.75, 3.05) is 32.1 Å². The molecule has 0 spiro atoms. The molecular weight excluding hydrogens is 462 g/mol. The van der Waals surface area contributed by atoms with Crippen molar-refractivity contribution >= 4 is 11.7 Å². The maximum absolute atomic E-state index is 13.4. The zero-order valence-electron chi connectivity index (χ0n) is 22.7. The Bertz CT molecular complexity index is 1070. The fourth-order valence-electron chi connectivity index (χ4n) is 4.31. The molecule has 0 aliphatic rings. The first-order valence-electron chi connectivity index (χ1n) is 13.2. The number of rotatable bonds is 14. The summed E-state index contributed by atoms with van der Waals surface area (Å²) in [5, 5.41) is 3.07. The van der Waals surface area contributed by atoms with Gasteiger partial charge in [-0.15, -0.1) is 0 Å². The Morgan fingerprint density at radius 1 is 0.892 bits per heavy atom. The van der Waals surface area contributed by atoms with Gasteiger partial charge in [0.2, 0.25) is 0 Å². The lowest BCUT2D eigenvalue weighted by atomic mass is 10.1. The number of urea groups is 1. The van der Waals surface area contributed by atoms with Crippen LogP contribution in [0.3, 0.4) is 0 Å². The number of methoxy groups -OCH3 is 1. The van der Waals surface area contributed by atoms with E-state index in [0.717, 1.165) is 49.3 Å². The Morgan fingerprint density at radius 2 is 1.57 bits per heavy atom. The number of carbonyl (C=O) groups is 1. The topological polar surface area (TPSA) is 54.0 Å². The molecule has 3 aromatic carbocycles. The molecule has 1 unspecified atom stereocenters. The van der Waals surface area contributed by atoms with Gasteiger partial charge in [0.05, 0.1) is 7.11 Å². The average Bonchev–Trinajstić information content (AvgIpc) is 2.94. The second-order valence-electron chi connectivity index (χ2n) is 9.20. The Morgan fingerprint density at radius 3 is 2.22 bits per heavy atom. The number of hydrogen-bond donors (Lipinski definition) is 1. The zero-order chi connectivity index (χ0) is 26.5. The molecule has 1 atom stereocenters. The first-order valence-corrected chi connectivity index (χ1v) is 13.2. The molecule has 0 radical (unpaired) electrons. The van der Waals surface area contributed by atoms with E-state index < -0.39 is 0 Å². The fourth-order valence-corrected chi connectivity index (χ4v) is 4.31. The van der Waals surface area contributed by atoms with Crippen LogP contribution in [-0.4, -0.2) is 48.6 Å². The van der Waals surface area contributed by atoms with E-state index in [-0.39, 0.29) is 12.1 Å². The molecule has 37 heavy (non-hydrogen) atoms. The van der Waals surface area contributed by atoms with Crippen molar-refractivity contribution in [3.05, 3.63) is 90.0 Å². The van der Waals surface area contributed by atoms with Crippen LogP contribution in [0.2, 0.25) is 0 Å². The average molecular weight is 504 g/mol. The largest absolute Gasteiger partial charge is 0.493 e. The third-order valence-electron chi connectivity index (χ3n) is 6.63. The number of hydrogen-bond acceptors (Lipinski definition) is 4. The molecule has 2 amide bonds. The number of anilines is 1. The van der Waals surface area contributed by atoms with E-state index in [0.29, 0.717) is 24.7 Å². The second kappa shape index (κ2) is 14.9. The van der Waals surface area contributed by atoms with Crippen LogP contribution < -0.4 is 14.8 Å². The minimum absolute atomic E-state index is 0.0649. The Balaban J connectivity index is 1.75. The van der Waals surface area contributed by atoms with E-state index in [2.05, 4.69) is 31.0 Å². The number of nitrogens with one attached hydrogen (secondary N) is 1. The number of nitrogens with zero attached hydrogens (tertiary/aromatic N) is 2. The predicted molar refractivity (Wildman–Crippen MR) is 151 cm³/mol. The van der Waals surface area contributed by atoms with Crippen molar-refractivity contribution in [3.8, 4) is 11.5 Å². The number of para-hydroxylation sites is 1. The lowest BCUT2D eigenvalue weighted by Crippen LogP contribution is -2.41. The molecule has 3 rings (SSSR count). The second-order valence-corrected chi connectivity index (χ2v) is 9.20. The molecular formula is C31H41N3O3. The fraction of sp³-hybridized carbons (Fsp3) is 0.387. The van der Waals surface area contributed by atoms with Crippen molar-refractivity contribution in [1.29, 1.82) is 0 Å². The summed E-state index contributed by atoms with van der Waals surface area (Å²) < 4.78 is 11.7. The highest BCUT2D eigenvalue weighted by Gasteiger charge is 2.21. The SMILES string of the molecule is CCN(CC)CCCC(C)N(Cc1ccc(OC)c(OCc2ccccc2)c1)C(=O)Nc1ccccc1. The van der Waals surface area contributed by atoms with Gasteiger partial charge in [-0.1, -0.05) is 68.4 Å². The maximum Gasteiger partial charge on any atom is 0.322 e. The van der Waals surface area contributed by atoms with Gasteiger partial charge >= 0.3 is 6.03 Å². The van der Waals surface area contributed by atoms with Crippen molar-refractivity contribution in [2.24, 2.45) is 0 Å². The van der Waals surface area contributed by atoms with Crippen LogP contribution in [0.4, 0.5) is 10.5 Å². The first-order chi connectivity index (χ1) is 18.0. The van der Waals surface area contributed by atoms with Crippen LogP contribution in [0, 0.1) is 0 Å². The Hall–Kier alpha value is -3.51. The molecule has 0 aliphatic heterocycles. The first kappa shape index (κ1) is 28.1. The van der Waals surface area contributed by atoms with Gasteiger partial charge in [0.1, 0.15) is 6.61 Å². The van der Waals surface area contributed by atoms with Crippen LogP contribution in [-0.2, 0) is 13.2 Å². The molecule has 0 saturated heterocycles. The summed E-state index contributed by atoms with van der Waals surface area (Å²) in [6, 6.07) is 25.5. The lowest BCUT2D eigenvalue weighted by Gasteiger charge is -2.30. The van der Waals surface area contributed by atoms with E-state index >= 15 is 0 Å². The highest BCUT2D eigenvalue weighted by atomic mass is 16.5. The molecule has 0 bridgehead atoms. The molecule has 1 N–H and O–H groups in total. The van der Waals surface area contributed by atoms with Gasteiger partial charge in [0, 0.05) is 18.3 Å². The highest BCUT2D eigenvalue weighted by molar-refractivity contribution is 5.89. The Labute approximate surface area is 222 Å². The van der Waals surface area contributed by atoms with Crippen molar-refractivity contribution < 1.29 is 14.3 Å². The van der Waals surface area contributed by atoms with Crippen LogP contribution in [0.15, 0.2) is 78.9 Å². The highest BCUT2D eigenvalue weighted by Crippen LogP contribution is 2.30. The summed E-state index contributed by atoms with van der Waals surface area (Å²) in [6.45, 7) is 10.5. The molecule has 198 valence electrons. The monoisotopic (exact) mass is 503 g/mol. The van der Waals surface area contributed by atoms with E-state index in [4.69, 9.17) is 9.47 Å². The van der Waals surface area contributed by atoms with Crippen molar-refractivity contribution in [2.45, 2.75) is 52.8 Å². The third kappa shape index (κ3) is 8.83. The van der Waals surface area contributed by atoms with Gasteiger partial charge in [-0.3, -0.25) is 0 Å². The minimum Gasteiger partial charge on any atom is -0.493 e. The molecule has 6 nitrogen and oxygen atoms in total. The van der Waals surface area contributed by atoms with E-state index in [1.807, 2.05) is 83.8 Å². The summed E-state index contributed by atoms with van der Waals surface area (Å²) >= 11 is 0.